The molecule has 0 radical (unpaired) electrons. The first kappa shape index (κ1) is 15.7. The minimum Gasteiger partial charge on any atom is -0.465 e. The van der Waals surface area contributed by atoms with Crippen LogP contribution in [0.5, 0.6) is 0 Å². The van der Waals surface area contributed by atoms with Crippen molar-refractivity contribution in [3.8, 4) is 0 Å². The number of carbonyl (C=O) groups is 2. The van der Waals surface area contributed by atoms with Gasteiger partial charge in [-0.3, -0.25) is 4.79 Å². The Hall–Kier alpha value is -1.72. The van der Waals surface area contributed by atoms with E-state index in [9.17, 15) is 9.59 Å². The van der Waals surface area contributed by atoms with Gasteiger partial charge >= 0.3 is 5.97 Å². The SMILES string of the molecule is CCOC(=O)C(C=O)CC1(Cc2ccccc2)OCCO1. The summed E-state index contributed by atoms with van der Waals surface area (Å²) in [5, 5.41) is 0. The summed E-state index contributed by atoms with van der Waals surface area (Å²) in [6, 6.07) is 9.72. The largest absolute Gasteiger partial charge is 0.465 e. The van der Waals surface area contributed by atoms with Crippen LogP contribution >= 0.6 is 0 Å². The van der Waals surface area contributed by atoms with Crippen LogP contribution < -0.4 is 0 Å². The number of hydrogen-bond acceptors (Lipinski definition) is 5. The number of esters is 1. The molecule has 0 saturated carbocycles. The van der Waals surface area contributed by atoms with Gasteiger partial charge in [-0.2, -0.15) is 0 Å². The predicted molar refractivity (Wildman–Crippen MR) is 75.6 cm³/mol. The van der Waals surface area contributed by atoms with E-state index in [0.29, 0.717) is 25.9 Å². The minimum atomic E-state index is -0.931. The molecule has 2 rings (SSSR count). The molecule has 0 N–H and O–H groups in total. The normalized spacial score (nSPS) is 18.1. The second kappa shape index (κ2) is 7.33. The molecule has 5 heteroatoms. The van der Waals surface area contributed by atoms with Crippen molar-refractivity contribution in [2.45, 2.75) is 25.6 Å². The topological polar surface area (TPSA) is 61.8 Å². The Balaban J connectivity index is 2.10. The molecule has 0 spiro atoms. The number of carbonyl (C=O) groups excluding carboxylic acids is 2. The van der Waals surface area contributed by atoms with Gasteiger partial charge in [-0.15, -0.1) is 0 Å². The Kier molecular flexibility index (Phi) is 5.47. The smallest absolute Gasteiger partial charge is 0.316 e. The number of rotatable bonds is 7. The summed E-state index contributed by atoms with van der Waals surface area (Å²) in [5.41, 5.74) is 1.04. The van der Waals surface area contributed by atoms with Gasteiger partial charge in [0.2, 0.25) is 0 Å². The molecule has 0 aliphatic carbocycles. The van der Waals surface area contributed by atoms with Crippen LogP contribution in [0, 0.1) is 5.92 Å². The zero-order valence-corrected chi connectivity index (χ0v) is 12.1. The van der Waals surface area contributed by atoms with E-state index >= 15 is 0 Å². The molecule has 1 saturated heterocycles. The van der Waals surface area contributed by atoms with E-state index < -0.39 is 17.7 Å². The lowest BCUT2D eigenvalue weighted by Crippen LogP contribution is -2.38. The van der Waals surface area contributed by atoms with Crippen molar-refractivity contribution in [2.75, 3.05) is 19.8 Å². The summed E-state index contributed by atoms with van der Waals surface area (Å²) < 4.78 is 16.4. The van der Waals surface area contributed by atoms with E-state index in [-0.39, 0.29) is 13.0 Å². The summed E-state index contributed by atoms with van der Waals surface area (Å²) >= 11 is 0. The summed E-state index contributed by atoms with van der Waals surface area (Å²) in [4.78, 5) is 23.0. The predicted octanol–water partition coefficient (Wildman–Crippen LogP) is 1.74. The summed E-state index contributed by atoms with van der Waals surface area (Å²) in [6.07, 6.45) is 1.28. The van der Waals surface area contributed by atoms with Gasteiger partial charge in [0.25, 0.3) is 0 Å². The average molecular weight is 292 g/mol. The van der Waals surface area contributed by atoms with Crippen molar-refractivity contribution in [3.05, 3.63) is 35.9 Å². The highest BCUT2D eigenvalue weighted by Gasteiger charge is 2.41. The monoisotopic (exact) mass is 292 g/mol. The fourth-order valence-corrected chi connectivity index (χ4v) is 2.47. The molecule has 1 aromatic carbocycles. The fourth-order valence-electron chi connectivity index (χ4n) is 2.47. The van der Waals surface area contributed by atoms with E-state index in [4.69, 9.17) is 14.2 Å². The number of aldehydes is 1. The lowest BCUT2D eigenvalue weighted by atomic mass is 9.94. The third-order valence-electron chi connectivity index (χ3n) is 3.41. The number of benzene rings is 1. The van der Waals surface area contributed by atoms with Crippen LogP contribution in [0.1, 0.15) is 18.9 Å². The molecule has 1 unspecified atom stereocenters. The lowest BCUT2D eigenvalue weighted by molar-refractivity contribution is -0.179. The van der Waals surface area contributed by atoms with Crippen molar-refractivity contribution >= 4 is 12.3 Å². The van der Waals surface area contributed by atoms with Gasteiger partial charge in [0.05, 0.1) is 19.8 Å². The van der Waals surface area contributed by atoms with Crippen LogP contribution in [0.15, 0.2) is 30.3 Å². The standard InChI is InChI=1S/C16H20O5/c1-2-19-15(18)14(12-17)11-16(20-8-9-21-16)10-13-6-4-3-5-7-13/h3-7,12,14H,2,8-11H2,1H3. The molecule has 21 heavy (non-hydrogen) atoms. The van der Waals surface area contributed by atoms with Gasteiger partial charge in [0.15, 0.2) is 5.79 Å². The van der Waals surface area contributed by atoms with Crippen molar-refractivity contribution in [1.82, 2.24) is 0 Å². The molecule has 1 aromatic rings. The van der Waals surface area contributed by atoms with Crippen LogP contribution in [-0.2, 0) is 30.2 Å². The Morgan fingerprint density at radius 3 is 2.57 bits per heavy atom. The van der Waals surface area contributed by atoms with E-state index in [2.05, 4.69) is 0 Å². The van der Waals surface area contributed by atoms with Crippen molar-refractivity contribution in [3.63, 3.8) is 0 Å². The molecular formula is C16H20O5. The van der Waals surface area contributed by atoms with Gasteiger partial charge in [-0.05, 0) is 12.5 Å². The van der Waals surface area contributed by atoms with Crippen LogP contribution in [-0.4, -0.2) is 37.9 Å². The Bertz CT molecular complexity index is 465. The highest BCUT2D eigenvalue weighted by atomic mass is 16.7. The van der Waals surface area contributed by atoms with E-state index in [1.165, 1.54) is 0 Å². The van der Waals surface area contributed by atoms with Crippen molar-refractivity contribution in [1.29, 1.82) is 0 Å². The molecule has 0 aromatic heterocycles. The maximum Gasteiger partial charge on any atom is 0.316 e. The summed E-state index contributed by atoms with van der Waals surface area (Å²) in [5.74, 6) is -2.33. The van der Waals surface area contributed by atoms with Gasteiger partial charge < -0.3 is 19.0 Å². The average Bonchev–Trinajstić information content (AvgIpc) is 2.94. The molecule has 114 valence electrons. The van der Waals surface area contributed by atoms with Gasteiger partial charge in [-0.25, -0.2) is 0 Å². The molecule has 1 heterocycles. The van der Waals surface area contributed by atoms with Crippen molar-refractivity contribution < 1.29 is 23.8 Å². The highest BCUT2D eigenvalue weighted by Crippen LogP contribution is 2.31. The van der Waals surface area contributed by atoms with E-state index in [1.54, 1.807) is 6.92 Å². The first-order valence-corrected chi connectivity index (χ1v) is 7.13. The van der Waals surface area contributed by atoms with Crippen LogP contribution in [0.25, 0.3) is 0 Å². The molecule has 1 atom stereocenters. The third kappa shape index (κ3) is 4.12. The molecule has 1 aliphatic rings. The molecule has 0 amide bonds. The highest BCUT2D eigenvalue weighted by molar-refractivity contribution is 5.87. The van der Waals surface area contributed by atoms with Crippen LogP contribution in [0.4, 0.5) is 0 Å². The van der Waals surface area contributed by atoms with E-state index in [0.717, 1.165) is 5.56 Å². The maximum absolute atomic E-state index is 11.8. The minimum absolute atomic E-state index is 0.171. The Morgan fingerprint density at radius 1 is 1.33 bits per heavy atom. The van der Waals surface area contributed by atoms with Crippen molar-refractivity contribution in [2.24, 2.45) is 5.92 Å². The van der Waals surface area contributed by atoms with Gasteiger partial charge in [-0.1, -0.05) is 30.3 Å². The zero-order chi connectivity index (χ0) is 15.1. The first-order valence-electron chi connectivity index (χ1n) is 7.13. The Labute approximate surface area is 124 Å². The molecule has 5 nitrogen and oxygen atoms in total. The van der Waals surface area contributed by atoms with Crippen LogP contribution in [0.3, 0.4) is 0 Å². The Morgan fingerprint density at radius 2 is 2.00 bits per heavy atom. The van der Waals surface area contributed by atoms with Crippen LogP contribution in [0.2, 0.25) is 0 Å². The molecular weight excluding hydrogens is 272 g/mol. The third-order valence-corrected chi connectivity index (χ3v) is 3.41. The quantitative estimate of drug-likeness (QED) is 0.435. The molecule has 1 fully saturated rings. The van der Waals surface area contributed by atoms with E-state index in [1.807, 2.05) is 30.3 Å². The second-order valence-electron chi connectivity index (χ2n) is 4.97. The van der Waals surface area contributed by atoms with Gasteiger partial charge in [0.1, 0.15) is 12.2 Å². The second-order valence-corrected chi connectivity index (χ2v) is 4.97. The maximum atomic E-state index is 11.8. The summed E-state index contributed by atoms with van der Waals surface area (Å²) in [6.45, 7) is 2.88. The van der Waals surface area contributed by atoms with Gasteiger partial charge in [0, 0.05) is 12.8 Å². The lowest BCUT2D eigenvalue weighted by Gasteiger charge is -2.29. The zero-order valence-electron chi connectivity index (χ0n) is 12.1. The number of ether oxygens (including phenoxy) is 3. The molecule has 1 aliphatic heterocycles. The summed E-state index contributed by atoms with van der Waals surface area (Å²) in [7, 11) is 0. The first-order chi connectivity index (χ1) is 10.2. The molecule has 0 bridgehead atoms. The number of hydrogen-bond donors (Lipinski definition) is 0. The fraction of sp³-hybridized carbons (Fsp3) is 0.500.